The molecular formula is C9H11N3O2S. The van der Waals surface area contributed by atoms with Crippen molar-refractivity contribution in [1.29, 1.82) is 5.26 Å². The van der Waals surface area contributed by atoms with Crippen LogP contribution in [0.4, 0.5) is 5.69 Å². The molecule has 0 saturated carbocycles. The van der Waals surface area contributed by atoms with Crippen molar-refractivity contribution in [3.63, 3.8) is 0 Å². The number of hydrogen-bond donors (Lipinski definition) is 1. The first kappa shape index (κ1) is 11.5. The van der Waals surface area contributed by atoms with Crippen LogP contribution in [0.15, 0.2) is 18.3 Å². The summed E-state index contributed by atoms with van der Waals surface area (Å²) in [6.45, 7) is 3.13. The molecule has 0 fully saturated rings. The van der Waals surface area contributed by atoms with Gasteiger partial charge >= 0.3 is 0 Å². The van der Waals surface area contributed by atoms with E-state index < -0.39 is 15.3 Å². The van der Waals surface area contributed by atoms with Gasteiger partial charge in [-0.15, -0.1) is 0 Å². The van der Waals surface area contributed by atoms with Crippen molar-refractivity contribution >= 4 is 15.7 Å². The minimum Gasteiger partial charge on any atom is -0.281 e. The minimum atomic E-state index is -3.63. The number of hydrogen-bond acceptors (Lipinski definition) is 4. The van der Waals surface area contributed by atoms with E-state index in [2.05, 4.69) is 9.71 Å². The maximum atomic E-state index is 11.5. The van der Waals surface area contributed by atoms with Crippen molar-refractivity contribution in [3.8, 4) is 6.07 Å². The molecule has 0 saturated heterocycles. The molecule has 6 heteroatoms. The Kier molecular flexibility index (Phi) is 3.27. The summed E-state index contributed by atoms with van der Waals surface area (Å²) >= 11 is 0. The van der Waals surface area contributed by atoms with Crippen molar-refractivity contribution in [2.45, 2.75) is 19.1 Å². The van der Waals surface area contributed by atoms with E-state index in [1.54, 1.807) is 25.1 Å². The number of pyridine rings is 1. The molecule has 1 atom stereocenters. The Morgan fingerprint density at radius 2 is 2.20 bits per heavy atom. The second-order valence-electron chi connectivity index (χ2n) is 3.11. The molecular weight excluding hydrogens is 214 g/mol. The van der Waals surface area contributed by atoms with Crippen molar-refractivity contribution < 1.29 is 8.42 Å². The topological polar surface area (TPSA) is 82.9 Å². The Hall–Kier alpha value is -1.61. The van der Waals surface area contributed by atoms with Crippen molar-refractivity contribution in [2.24, 2.45) is 0 Å². The fraction of sp³-hybridized carbons (Fsp3) is 0.333. The van der Waals surface area contributed by atoms with Crippen LogP contribution >= 0.6 is 0 Å². The first-order valence-electron chi connectivity index (χ1n) is 4.29. The number of rotatable bonds is 3. The van der Waals surface area contributed by atoms with E-state index in [0.29, 0.717) is 5.69 Å². The van der Waals surface area contributed by atoms with Crippen molar-refractivity contribution in [3.05, 3.63) is 24.0 Å². The van der Waals surface area contributed by atoms with Gasteiger partial charge in [0, 0.05) is 5.69 Å². The monoisotopic (exact) mass is 225 g/mol. The highest BCUT2D eigenvalue weighted by molar-refractivity contribution is 7.93. The molecule has 0 bridgehead atoms. The van der Waals surface area contributed by atoms with E-state index in [-0.39, 0.29) is 0 Å². The predicted octanol–water partition coefficient (Wildman–Crippen LogP) is 1.04. The average Bonchev–Trinajstić information content (AvgIpc) is 2.20. The molecule has 0 aliphatic rings. The summed E-state index contributed by atoms with van der Waals surface area (Å²) < 4.78 is 25.2. The molecule has 1 aromatic rings. The van der Waals surface area contributed by atoms with Crippen LogP contribution in [0.5, 0.6) is 0 Å². The SMILES string of the molecule is Cc1ccc(NS(=O)(=O)C(C)C#N)cn1. The number of sulfonamides is 1. The molecule has 0 amide bonds. The Bertz CT molecular complexity index is 473. The summed E-state index contributed by atoms with van der Waals surface area (Å²) in [7, 11) is -3.63. The number of anilines is 1. The van der Waals surface area contributed by atoms with Gasteiger partial charge in [0.05, 0.1) is 18.0 Å². The summed E-state index contributed by atoms with van der Waals surface area (Å²) in [5.41, 5.74) is 1.16. The van der Waals surface area contributed by atoms with Gasteiger partial charge in [-0.3, -0.25) is 9.71 Å². The zero-order chi connectivity index (χ0) is 11.5. The Morgan fingerprint density at radius 1 is 1.53 bits per heavy atom. The molecule has 1 rings (SSSR count). The quantitative estimate of drug-likeness (QED) is 0.833. The van der Waals surface area contributed by atoms with Gasteiger partial charge in [0.15, 0.2) is 5.25 Å². The van der Waals surface area contributed by atoms with E-state index >= 15 is 0 Å². The van der Waals surface area contributed by atoms with Crippen LogP contribution in [-0.4, -0.2) is 18.7 Å². The van der Waals surface area contributed by atoms with Gasteiger partial charge in [0.1, 0.15) is 0 Å². The van der Waals surface area contributed by atoms with Crippen LogP contribution in [0.1, 0.15) is 12.6 Å². The molecule has 15 heavy (non-hydrogen) atoms. The highest BCUT2D eigenvalue weighted by Crippen LogP contribution is 2.10. The van der Waals surface area contributed by atoms with Crippen LogP contribution in [-0.2, 0) is 10.0 Å². The van der Waals surface area contributed by atoms with E-state index in [9.17, 15) is 8.42 Å². The van der Waals surface area contributed by atoms with Gasteiger partial charge in [-0.1, -0.05) is 0 Å². The van der Waals surface area contributed by atoms with E-state index in [0.717, 1.165) is 5.69 Å². The van der Waals surface area contributed by atoms with Crippen LogP contribution in [0.2, 0.25) is 0 Å². The molecule has 1 aromatic heterocycles. The summed E-state index contributed by atoms with van der Waals surface area (Å²) in [5.74, 6) is 0. The Morgan fingerprint density at radius 3 is 2.67 bits per heavy atom. The number of aromatic nitrogens is 1. The van der Waals surface area contributed by atoms with E-state index in [1.807, 2.05) is 0 Å². The van der Waals surface area contributed by atoms with Crippen LogP contribution < -0.4 is 4.72 Å². The van der Waals surface area contributed by atoms with Crippen LogP contribution in [0.25, 0.3) is 0 Å². The lowest BCUT2D eigenvalue weighted by molar-refractivity contribution is 0.597. The summed E-state index contributed by atoms with van der Waals surface area (Å²) in [5, 5.41) is 7.42. The van der Waals surface area contributed by atoms with Gasteiger partial charge in [-0.25, -0.2) is 8.42 Å². The maximum absolute atomic E-state index is 11.5. The predicted molar refractivity (Wildman–Crippen MR) is 56.6 cm³/mol. The van der Waals surface area contributed by atoms with Crippen LogP contribution in [0, 0.1) is 18.3 Å². The molecule has 0 aromatic carbocycles. The van der Waals surface area contributed by atoms with Crippen molar-refractivity contribution in [1.82, 2.24) is 4.98 Å². The smallest absolute Gasteiger partial charge is 0.248 e. The second-order valence-corrected chi connectivity index (χ2v) is 5.11. The van der Waals surface area contributed by atoms with Gasteiger partial charge < -0.3 is 0 Å². The molecule has 0 radical (unpaired) electrons. The summed E-state index contributed by atoms with van der Waals surface area (Å²) in [4.78, 5) is 3.94. The largest absolute Gasteiger partial charge is 0.281 e. The van der Waals surface area contributed by atoms with Gasteiger partial charge in [-0.05, 0) is 26.0 Å². The molecule has 0 spiro atoms. The highest BCUT2D eigenvalue weighted by Gasteiger charge is 2.19. The number of nitriles is 1. The Labute approximate surface area is 88.8 Å². The zero-order valence-corrected chi connectivity index (χ0v) is 9.25. The molecule has 80 valence electrons. The molecule has 0 aliphatic carbocycles. The third kappa shape index (κ3) is 2.92. The fourth-order valence-electron chi connectivity index (χ4n) is 0.850. The first-order chi connectivity index (χ1) is 6.95. The summed E-state index contributed by atoms with van der Waals surface area (Å²) in [6.07, 6.45) is 1.41. The molecule has 5 nitrogen and oxygen atoms in total. The summed E-state index contributed by atoms with van der Waals surface area (Å²) in [6, 6.07) is 4.96. The van der Waals surface area contributed by atoms with Gasteiger partial charge in [-0.2, -0.15) is 5.26 Å². The maximum Gasteiger partial charge on any atom is 0.248 e. The lowest BCUT2D eigenvalue weighted by Crippen LogP contribution is -2.23. The lowest BCUT2D eigenvalue weighted by Gasteiger charge is -2.08. The van der Waals surface area contributed by atoms with Crippen LogP contribution in [0.3, 0.4) is 0 Å². The van der Waals surface area contributed by atoms with Crippen molar-refractivity contribution in [2.75, 3.05) is 4.72 Å². The third-order valence-corrected chi connectivity index (χ3v) is 3.38. The standard InChI is InChI=1S/C9H11N3O2S/c1-7-3-4-9(6-11-7)12-15(13,14)8(2)5-10/h3-4,6,8,12H,1-2H3. The molecule has 0 aliphatic heterocycles. The van der Waals surface area contributed by atoms with E-state index in [4.69, 9.17) is 5.26 Å². The number of aryl methyl sites for hydroxylation is 1. The molecule has 1 N–H and O–H groups in total. The highest BCUT2D eigenvalue weighted by atomic mass is 32.2. The average molecular weight is 225 g/mol. The lowest BCUT2D eigenvalue weighted by atomic mass is 10.4. The van der Waals surface area contributed by atoms with E-state index in [1.165, 1.54) is 13.1 Å². The number of nitrogens with zero attached hydrogens (tertiary/aromatic N) is 2. The molecule has 1 unspecified atom stereocenters. The minimum absolute atomic E-state index is 0.364. The third-order valence-electron chi connectivity index (χ3n) is 1.82. The van der Waals surface area contributed by atoms with Gasteiger partial charge in [0.2, 0.25) is 10.0 Å². The number of nitrogens with one attached hydrogen (secondary N) is 1. The Balaban J connectivity index is 2.88. The molecule has 1 heterocycles. The fourth-order valence-corrected chi connectivity index (χ4v) is 1.62. The second kappa shape index (κ2) is 4.28. The first-order valence-corrected chi connectivity index (χ1v) is 5.84. The van der Waals surface area contributed by atoms with Gasteiger partial charge in [0.25, 0.3) is 0 Å². The normalized spacial score (nSPS) is 12.9. The zero-order valence-electron chi connectivity index (χ0n) is 8.43.